The van der Waals surface area contributed by atoms with Crippen LogP contribution in [0.4, 0.5) is 0 Å². The standard InChI is InChI=1S/C29H35NO3/c1-21-16-26(32-19-23-10-6-4-7-11-23)17-22(2)27(21)18-25-14-15-28(33-20-31-3)29(30-25)24-12-8-5-9-13-24/h4,6-7,10-11,14-17,24H,5,8-9,12-13,18-20H2,1-3H3. The Morgan fingerprint density at radius 1 is 0.879 bits per heavy atom. The van der Waals surface area contributed by atoms with Gasteiger partial charge in [-0.2, -0.15) is 0 Å². The number of hydrogen-bond acceptors (Lipinski definition) is 4. The lowest BCUT2D eigenvalue weighted by Crippen LogP contribution is -2.12. The van der Waals surface area contributed by atoms with Gasteiger partial charge in [-0.15, -0.1) is 0 Å². The smallest absolute Gasteiger partial charge is 0.188 e. The number of pyridine rings is 1. The quantitative estimate of drug-likeness (QED) is 0.336. The van der Waals surface area contributed by atoms with Gasteiger partial charge in [-0.25, -0.2) is 0 Å². The summed E-state index contributed by atoms with van der Waals surface area (Å²) in [6, 6.07) is 18.7. The van der Waals surface area contributed by atoms with Crippen molar-refractivity contribution < 1.29 is 14.2 Å². The van der Waals surface area contributed by atoms with Crippen LogP contribution >= 0.6 is 0 Å². The molecule has 33 heavy (non-hydrogen) atoms. The first-order valence-corrected chi connectivity index (χ1v) is 12.0. The predicted octanol–water partition coefficient (Wildman–Crippen LogP) is 6.90. The van der Waals surface area contributed by atoms with Gasteiger partial charge in [0.15, 0.2) is 6.79 Å². The molecular formula is C29H35NO3. The lowest BCUT2D eigenvalue weighted by molar-refractivity contribution is 0.0496. The predicted molar refractivity (Wildman–Crippen MR) is 132 cm³/mol. The Labute approximate surface area is 197 Å². The number of ether oxygens (including phenoxy) is 3. The number of aryl methyl sites for hydroxylation is 2. The Kier molecular flexibility index (Phi) is 8.01. The lowest BCUT2D eigenvalue weighted by Gasteiger charge is -2.24. The van der Waals surface area contributed by atoms with E-state index in [1.807, 2.05) is 18.2 Å². The zero-order chi connectivity index (χ0) is 23.0. The number of hydrogen-bond donors (Lipinski definition) is 0. The third-order valence-electron chi connectivity index (χ3n) is 6.54. The topological polar surface area (TPSA) is 40.6 Å². The molecule has 0 saturated heterocycles. The van der Waals surface area contributed by atoms with E-state index in [9.17, 15) is 0 Å². The zero-order valence-electron chi connectivity index (χ0n) is 20.1. The summed E-state index contributed by atoms with van der Waals surface area (Å²) in [6.07, 6.45) is 7.03. The molecule has 0 N–H and O–H groups in total. The summed E-state index contributed by atoms with van der Waals surface area (Å²) < 4.78 is 17.1. The van der Waals surface area contributed by atoms with Gasteiger partial charge in [-0.1, -0.05) is 49.6 Å². The van der Waals surface area contributed by atoms with Crippen molar-refractivity contribution in [3.8, 4) is 11.5 Å². The first kappa shape index (κ1) is 23.3. The van der Waals surface area contributed by atoms with E-state index in [1.165, 1.54) is 54.4 Å². The maximum Gasteiger partial charge on any atom is 0.188 e. The van der Waals surface area contributed by atoms with E-state index in [0.717, 1.165) is 29.3 Å². The molecule has 0 bridgehead atoms. The van der Waals surface area contributed by atoms with Crippen LogP contribution in [0.25, 0.3) is 0 Å². The second-order valence-corrected chi connectivity index (χ2v) is 9.06. The monoisotopic (exact) mass is 445 g/mol. The fourth-order valence-electron chi connectivity index (χ4n) is 4.75. The SMILES string of the molecule is COCOc1ccc(Cc2c(C)cc(OCc3ccccc3)cc2C)nc1C1CCCCC1. The fourth-order valence-corrected chi connectivity index (χ4v) is 4.75. The lowest BCUT2D eigenvalue weighted by atomic mass is 9.86. The largest absolute Gasteiger partial charge is 0.489 e. The van der Waals surface area contributed by atoms with Crippen LogP contribution in [0.1, 0.15) is 71.7 Å². The molecule has 1 fully saturated rings. The van der Waals surface area contributed by atoms with E-state index in [-0.39, 0.29) is 6.79 Å². The van der Waals surface area contributed by atoms with Crippen LogP contribution in [0.2, 0.25) is 0 Å². The molecule has 0 atom stereocenters. The first-order valence-electron chi connectivity index (χ1n) is 12.0. The number of nitrogens with zero attached hydrogens (tertiary/aromatic N) is 1. The van der Waals surface area contributed by atoms with Crippen molar-refractivity contribution in [3.63, 3.8) is 0 Å². The number of methoxy groups -OCH3 is 1. The summed E-state index contributed by atoms with van der Waals surface area (Å²) in [5.41, 5.74) is 7.14. The first-order chi connectivity index (χ1) is 16.1. The van der Waals surface area contributed by atoms with Crippen LogP contribution in [0.15, 0.2) is 54.6 Å². The Morgan fingerprint density at radius 2 is 1.61 bits per heavy atom. The van der Waals surface area contributed by atoms with Gasteiger partial charge in [0.2, 0.25) is 0 Å². The summed E-state index contributed by atoms with van der Waals surface area (Å²) in [7, 11) is 1.65. The highest BCUT2D eigenvalue weighted by Crippen LogP contribution is 2.37. The maximum atomic E-state index is 6.07. The van der Waals surface area contributed by atoms with E-state index < -0.39 is 0 Å². The van der Waals surface area contributed by atoms with Crippen molar-refractivity contribution in [2.75, 3.05) is 13.9 Å². The fraction of sp³-hybridized carbons (Fsp3) is 0.414. The summed E-state index contributed by atoms with van der Waals surface area (Å²) in [6.45, 7) is 5.16. The normalized spacial score (nSPS) is 14.3. The molecule has 0 unspecified atom stereocenters. The molecule has 4 nitrogen and oxygen atoms in total. The van der Waals surface area contributed by atoms with Gasteiger partial charge in [-0.05, 0) is 73.2 Å². The van der Waals surface area contributed by atoms with Crippen LogP contribution in [0.3, 0.4) is 0 Å². The minimum absolute atomic E-state index is 0.253. The van der Waals surface area contributed by atoms with Crippen LogP contribution in [0, 0.1) is 13.8 Å². The van der Waals surface area contributed by atoms with Crippen LogP contribution in [-0.2, 0) is 17.8 Å². The van der Waals surface area contributed by atoms with Crippen molar-refractivity contribution in [1.29, 1.82) is 0 Å². The number of aromatic nitrogens is 1. The number of rotatable bonds is 9. The van der Waals surface area contributed by atoms with Crippen molar-refractivity contribution >= 4 is 0 Å². The molecule has 4 rings (SSSR count). The maximum absolute atomic E-state index is 6.07. The van der Waals surface area contributed by atoms with Gasteiger partial charge in [0.25, 0.3) is 0 Å². The molecule has 0 radical (unpaired) electrons. The third-order valence-corrected chi connectivity index (χ3v) is 6.54. The minimum Gasteiger partial charge on any atom is -0.489 e. The highest BCUT2D eigenvalue weighted by molar-refractivity contribution is 5.44. The summed E-state index contributed by atoms with van der Waals surface area (Å²) in [5, 5.41) is 0. The summed E-state index contributed by atoms with van der Waals surface area (Å²) >= 11 is 0. The van der Waals surface area contributed by atoms with E-state index in [1.54, 1.807) is 7.11 Å². The Bertz CT molecular complexity index is 1020. The summed E-state index contributed by atoms with van der Waals surface area (Å²) in [4.78, 5) is 5.11. The Balaban J connectivity index is 1.52. The highest BCUT2D eigenvalue weighted by atomic mass is 16.7. The molecule has 1 heterocycles. The van der Waals surface area contributed by atoms with Gasteiger partial charge in [0.05, 0.1) is 5.69 Å². The Hall–Kier alpha value is -2.85. The van der Waals surface area contributed by atoms with Gasteiger partial charge in [0, 0.05) is 25.1 Å². The van der Waals surface area contributed by atoms with Crippen molar-refractivity contribution in [3.05, 3.63) is 88.2 Å². The average molecular weight is 446 g/mol. The zero-order valence-corrected chi connectivity index (χ0v) is 20.1. The molecule has 1 saturated carbocycles. The molecular weight excluding hydrogens is 410 g/mol. The second-order valence-electron chi connectivity index (χ2n) is 9.06. The summed E-state index contributed by atoms with van der Waals surface area (Å²) in [5.74, 6) is 2.25. The van der Waals surface area contributed by atoms with Crippen molar-refractivity contribution in [2.24, 2.45) is 0 Å². The molecule has 0 spiro atoms. The van der Waals surface area contributed by atoms with Crippen LogP contribution < -0.4 is 9.47 Å². The van der Waals surface area contributed by atoms with E-state index >= 15 is 0 Å². The molecule has 3 aromatic rings. The van der Waals surface area contributed by atoms with Crippen molar-refractivity contribution in [2.45, 2.75) is 64.9 Å². The van der Waals surface area contributed by atoms with Crippen molar-refractivity contribution in [1.82, 2.24) is 4.98 Å². The highest BCUT2D eigenvalue weighted by Gasteiger charge is 2.22. The molecule has 174 valence electrons. The van der Waals surface area contributed by atoms with Gasteiger partial charge in [-0.3, -0.25) is 4.98 Å². The van der Waals surface area contributed by atoms with Gasteiger partial charge < -0.3 is 14.2 Å². The van der Waals surface area contributed by atoms with Gasteiger partial charge in [0.1, 0.15) is 18.1 Å². The molecule has 4 heteroatoms. The van der Waals surface area contributed by atoms with Crippen LogP contribution in [-0.4, -0.2) is 18.9 Å². The molecule has 1 aliphatic rings. The Morgan fingerprint density at radius 3 is 2.30 bits per heavy atom. The molecule has 0 amide bonds. The van der Waals surface area contributed by atoms with Gasteiger partial charge >= 0.3 is 0 Å². The van der Waals surface area contributed by atoms with E-state index in [2.05, 4.69) is 50.2 Å². The second kappa shape index (κ2) is 11.3. The minimum atomic E-state index is 0.253. The van der Waals surface area contributed by atoms with E-state index in [4.69, 9.17) is 19.2 Å². The third kappa shape index (κ3) is 6.14. The molecule has 2 aromatic carbocycles. The molecule has 1 aliphatic carbocycles. The van der Waals surface area contributed by atoms with E-state index in [0.29, 0.717) is 12.5 Å². The number of benzene rings is 2. The molecule has 0 aliphatic heterocycles. The average Bonchev–Trinajstić information content (AvgIpc) is 2.85. The molecule has 1 aromatic heterocycles. The van der Waals surface area contributed by atoms with Crippen LogP contribution in [0.5, 0.6) is 11.5 Å².